The van der Waals surface area contributed by atoms with Gasteiger partial charge in [-0.1, -0.05) is 54.9 Å². The summed E-state index contributed by atoms with van der Waals surface area (Å²) in [6.45, 7) is 8.37. The zero-order valence-corrected chi connectivity index (χ0v) is 27.9. The molecule has 2 fully saturated rings. The number of aryl methyl sites for hydroxylation is 3. The van der Waals surface area contributed by atoms with E-state index in [1.807, 2.05) is 49.1 Å². The number of amides is 1. The second-order valence-corrected chi connectivity index (χ2v) is 13.0. The number of morpholine rings is 1. The number of aromatic nitrogens is 1. The molecule has 1 amide bonds. The predicted molar refractivity (Wildman–Crippen MR) is 176 cm³/mol. The lowest BCUT2D eigenvalue weighted by Crippen LogP contribution is -2.55. The fraction of sp³-hybridized carbons (Fsp3) is 0.556. The molecule has 9 heteroatoms. The number of nitrogens with zero attached hydrogens (tertiary/aromatic N) is 2. The summed E-state index contributed by atoms with van der Waals surface area (Å²) in [7, 11) is 1.69. The molecule has 0 radical (unpaired) electrons. The van der Waals surface area contributed by atoms with E-state index in [2.05, 4.69) is 29.4 Å². The number of rotatable bonds is 13. The Kier molecular flexibility index (Phi) is 11.4. The molecule has 2 aromatic carbocycles. The molecular weight excluding hydrogens is 590 g/mol. The molecule has 4 atom stereocenters. The van der Waals surface area contributed by atoms with Gasteiger partial charge in [-0.15, -0.1) is 0 Å². The lowest BCUT2D eigenvalue weighted by atomic mass is 9.78. The fourth-order valence-corrected chi connectivity index (χ4v) is 7.28. The normalized spacial score (nSPS) is 21.6. The molecule has 1 aromatic heterocycles. The van der Waals surface area contributed by atoms with Crippen LogP contribution in [0.15, 0.2) is 46.9 Å². The van der Waals surface area contributed by atoms with Crippen LogP contribution < -0.4 is 5.32 Å². The van der Waals surface area contributed by atoms with Crippen LogP contribution in [0.3, 0.4) is 0 Å². The van der Waals surface area contributed by atoms with Gasteiger partial charge < -0.3 is 29.2 Å². The highest BCUT2D eigenvalue weighted by atomic mass is 35.5. The number of nitrogens with one attached hydrogen (secondary N) is 1. The highest BCUT2D eigenvalue weighted by molar-refractivity contribution is 6.33. The maximum Gasteiger partial charge on any atom is 0.225 e. The molecule has 5 rings (SSSR count). The van der Waals surface area contributed by atoms with E-state index in [1.165, 1.54) is 5.56 Å². The number of hydrogen-bond donors (Lipinski definition) is 2. The minimum atomic E-state index is -1.36. The van der Waals surface area contributed by atoms with Crippen molar-refractivity contribution < 1.29 is 23.8 Å². The monoisotopic (exact) mass is 637 g/mol. The Balaban J connectivity index is 1.35. The van der Waals surface area contributed by atoms with Gasteiger partial charge in [-0.2, -0.15) is 0 Å². The molecule has 2 aliphatic rings. The van der Waals surface area contributed by atoms with E-state index in [0.29, 0.717) is 50.2 Å². The van der Waals surface area contributed by atoms with Crippen LogP contribution in [0.5, 0.6) is 0 Å². The van der Waals surface area contributed by atoms with Gasteiger partial charge in [0.05, 0.1) is 18.8 Å². The number of aliphatic hydroxyl groups is 1. The van der Waals surface area contributed by atoms with Gasteiger partial charge in [0.2, 0.25) is 5.91 Å². The van der Waals surface area contributed by atoms with Crippen molar-refractivity contribution in [2.75, 3.05) is 33.4 Å². The van der Waals surface area contributed by atoms with Crippen LogP contribution in [0.4, 0.5) is 0 Å². The minimum absolute atomic E-state index is 0.0605. The van der Waals surface area contributed by atoms with E-state index in [0.717, 1.165) is 66.7 Å². The number of carbonyl (C=O) groups is 1. The van der Waals surface area contributed by atoms with Crippen molar-refractivity contribution in [3.63, 3.8) is 0 Å². The van der Waals surface area contributed by atoms with Crippen LogP contribution in [0.1, 0.15) is 73.9 Å². The topological polar surface area (TPSA) is 97.1 Å². The molecule has 1 saturated carbocycles. The molecule has 0 unspecified atom stereocenters. The second-order valence-electron chi connectivity index (χ2n) is 12.6. The van der Waals surface area contributed by atoms with Crippen LogP contribution in [0, 0.1) is 19.8 Å². The molecular formula is C36H48ClN3O5. The van der Waals surface area contributed by atoms with Crippen molar-refractivity contribution >= 4 is 17.5 Å². The number of ether oxygens (including phenoxy) is 2. The fourth-order valence-electron chi connectivity index (χ4n) is 7.00. The van der Waals surface area contributed by atoms with Gasteiger partial charge in [-0.25, -0.2) is 4.98 Å². The van der Waals surface area contributed by atoms with Gasteiger partial charge in [0.15, 0.2) is 5.89 Å². The first kappa shape index (κ1) is 33.6. The molecule has 1 saturated heterocycles. The summed E-state index contributed by atoms with van der Waals surface area (Å²) in [5.41, 5.74) is 3.28. The molecule has 244 valence electrons. The van der Waals surface area contributed by atoms with E-state index in [4.69, 9.17) is 25.5 Å². The quantitative estimate of drug-likeness (QED) is 0.210. The molecule has 2 heterocycles. The van der Waals surface area contributed by atoms with Gasteiger partial charge >= 0.3 is 0 Å². The molecule has 45 heavy (non-hydrogen) atoms. The molecule has 3 aromatic rings. The largest absolute Gasteiger partial charge is 0.446 e. The number of oxazole rings is 1. The smallest absolute Gasteiger partial charge is 0.225 e. The summed E-state index contributed by atoms with van der Waals surface area (Å²) in [6.07, 6.45) is 4.85. The van der Waals surface area contributed by atoms with Gasteiger partial charge in [0.25, 0.3) is 0 Å². The summed E-state index contributed by atoms with van der Waals surface area (Å²) in [5.74, 6) is 1.59. The molecule has 0 spiro atoms. The third-order valence-corrected chi connectivity index (χ3v) is 9.83. The average molecular weight is 638 g/mol. The maximum atomic E-state index is 13.9. The van der Waals surface area contributed by atoms with Crippen LogP contribution >= 0.6 is 11.6 Å². The highest BCUT2D eigenvalue weighted by Gasteiger charge is 2.45. The summed E-state index contributed by atoms with van der Waals surface area (Å²) in [6, 6.07) is 14.3. The standard InChI is InChI=1S/C36H48ClN3O5/c1-5-26-10-8-11-27(20-26)34-30(12-9-13-31(34)37)36(42,16-6-7-18-43-4)33-23-40(17-19-44-33)35(41)28-14-15-29(21-28)38-22-32-24(2)45-25(3)39-32/h8-13,20,28-29,33,38,42H,5-7,14-19,21-23H2,1-4H3/t28-,29+,33-,36-/m1/s1. The Labute approximate surface area is 272 Å². The molecule has 1 aliphatic heterocycles. The Morgan fingerprint density at radius 1 is 1.20 bits per heavy atom. The third kappa shape index (κ3) is 7.80. The van der Waals surface area contributed by atoms with Crippen molar-refractivity contribution in [3.8, 4) is 11.1 Å². The number of benzene rings is 2. The van der Waals surface area contributed by atoms with E-state index in [-0.39, 0.29) is 17.9 Å². The Morgan fingerprint density at radius 2 is 2.02 bits per heavy atom. The Morgan fingerprint density at radius 3 is 2.78 bits per heavy atom. The first-order valence-electron chi connectivity index (χ1n) is 16.4. The van der Waals surface area contributed by atoms with Crippen molar-refractivity contribution in [2.24, 2.45) is 5.92 Å². The first-order valence-corrected chi connectivity index (χ1v) is 16.8. The Bertz CT molecular complexity index is 1440. The molecule has 2 N–H and O–H groups in total. The average Bonchev–Trinajstić information content (AvgIpc) is 3.66. The highest BCUT2D eigenvalue weighted by Crippen LogP contribution is 2.43. The van der Waals surface area contributed by atoms with Crippen molar-refractivity contribution in [1.82, 2.24) is 15.2 Å². The summed E-state index contributed by atoms with van der Waals surface area (Å²) in [4.78, 5) is 20.3. The van der Waals surface area contributed by atoms with Crippen LogP contribution in [0.25, 0.3) is 11.1 Å². The zero-order chi connectivity index (χ0) is 32.0. The van der Waals surface area contributed by atoms with E-state index < -0.39 is 11.7 Å². The predicted octanol–water partition coefficient (Wildman–Crippen LogP) is 6.36. The van der Waals surface area contributed by atoms with E-state index in [1.54, 1.807) is 7.11 Å². The Hall–Kier alpha value is -2.75. The van der Waals surface area contributed by atoms with Crippen molar-refractivity contribution in [1.29, 1.82) is 0 Å². The minimum Gasteiger partial charge on any atom is -0.446 e. The lowest BCUT2D eigenvalue weighted by molar-refractivity contribution is -0.167. The van der Waals surface area contributed by atoms with Gasteiger partial charge in [0.1, 0.15) is 17.5 Å². The van der Waals surface area contributed by atoms with Gasteiger partial charge in [-0.3, -0.25) is 4.79 Å². The number of methoxy groups -OCH3 is 1. The summed E-state index contributed by atoms with van der Waals surface area (Å²) >= 11 is 6.89. The molecule has 1 aliphatic carbocycles. The lowest BCUT2D eigenvalue weighted by Gasteiger charge is -2.44. The van der Waals surface area contributed by atoms with Crippen molar-refractivity contribution in [3.05, 3.63) is 76.0 Å². The summed E-state index contributed by atoms with van der Waals surface area (Å²) in [5, 5.41) is 16.9. The number of unbranched alkanes of at least 4 members (excludes halogenated alkanes) is 1. The van der Waals surface area contributed by atoms with Gasteiger partial charge in [-0.05, 0) is 74.6 Å². The summed E-state index contributed by atoms with van der Waals surface area (Å²) < 4.78 is 17.2. The van der Waals surface area contributed by atoms with Crippen molar-refractivity contribution in [2.45, 2.75) is 90.0 Å². The number of carbonyl (C=O) groups excluding carboxylic acids is 1. The van der Waals surface area contributed by atoms with Crippen LogP contribution in [0.2, 0.25) is 5.02 Å². The maximum absolute atomic E-state index is 13.9. The number of halogens is 1. The first-order chi connectivity index (χ1) is 21.7. The van der Waals surface area contributed by atoms with Crippen LogP contribution in [-0.2, 0) is 32.8 Å². The van der Waals surface area contributed by atoms with Gasteiger partial charge in [0, 0.05) is 56.3 Å². The number of hydrogen-bond acceptors (Lipinski definition) is 7. The third-order valence-electron chi connectivity index (χ3n) is 9.51. The molecule has 8 nitrogen and oxygen atoms in total. The van der Waals surface area contributed by atoms with Crippen LogP contribution in [-0.4, -0.2) is 66.5 Å². The van der Waals surface area contributed by atoms with E-state index >= 15 is 0 Å². The van der Waals surface area contributed by atoms with E-state index in [9.17, 15) is 9.90 Å². The SMILES string of the molecule is CCc1cccc(-c2c(Cl)cccc2[C@](O)(CCCCOC)[C@H]2CN(C(=O)[C@@H]3CC[C@H](NCc4nc(C)oc4C)C3)CCO2)c1. The second kappa shape index (κ2) is 15.2. The molecule has 0 bridgehead atoms. The zero-order valence-electron chi connectivity index (χ0n) is 27.1.